The molecule has 0 aromatic heterocycles. The van der Waals surface area contributed by atoms with E-state index in [1.54, 1.807) is 6.92 Å². The van der Waals surface area contributed by atoms with Crippen molar-refractivity contribution in [1.82, 2.24) is 0 Å². The van der Waals surface area contributed by atoms with Crippen LogP contribution in [0.15, 0.2) is 6.07 Å². The van der Waals surface area contributed by atoms with Crippen LogP contribution in [0, 0.1) is 12.7 Å². The van der Waals surface area contributed by atoms with Gasteiger partial charge in [-0.3, -0.25) is 4.79 Å². The molecule has 5 heteroatoms. The molecule has 0 saturated heterocycles. The highest BCUT2D eigenvalue weighted by molar-refractivity contribution is 7.97. The summed E-state index contributed by atoms with van der Waals surface area (Å²) in [5, 5.41) is -0.492. The van der Waals surface area contributed by atoms with E-state index >= 15 is 0 Å². The molecule has 0 aliphatic carbocycles. The van der Waals surface area contributed by atoms with Gasteiger partial charge in [0.05, 0.1) is 10.6 Å². The van der Waals surface area contributed by atoms with E-state index in [2.05, 4.69) is 12.6 Å². The van der Waals surface area contributed by atoms with Crippen LogP contribution in [0.3, 0.4) is 0 Å². The second-order valence-electron chi connectivity index (χ2n) is 2.46. The van der Waals surface area contributed by atoms with Crippen LogP contribution >= 0.6 is 35.8 Å². The molecule has 0 heterocycles. The van der Waals surface area contributed by atoms with Crippen molar-refractivity contribution in [2.75, 3.05) is 0 Å². The van der Waals surface area contributed by atoms with Crippen molar-refractivity contribution >= 4 is 40.9 Å². The predicted molar refractivity (Wildman–Crippen MR) is 54.5 cm³/mol. The van der Waals surface area contributed by atoms with Gasteiger partial charge < -0.3 is 0 Å². The van der Waals surface area contributed by atoms with Gasteiger partial charge in [0.1, 0.15) is 5.82 Å². The first kappa shape index (κ1) is 10.8. The smallest absolute Gasteiger partial charge is 0.220 e. The molecule has 1 rings (SSSR count). The van der Waals surface area contributed by atoms with Gasteiger partial charge in [-0.2, -0.15) is 0 Å². The first-order valence-electron chi connectivity index (χ1n) is 3.32. The molecule has 70 valence electrons. The molecule has 0 N–H and O–H groups in total. The molecular formula is C8H5Cl2FOS. The third-order valence-corrected chi connectivity index (χ3v) is 2.70. The van der Waals surface area contributed by atoms with Crippen LogP contribution in [0.1, 0.15) is 15.9 Å². The molecule has 1 aromatic carbocycles. The summed E-state index contributed by atoms with van der Waals surface area (Å²) in [6.45, 7) is 1.60. The molecule has 0 fully saturated rings. The minimum atomic E-state index is -0.749. The maximum atomic E-state index is 13.1. The largest absolute Gasteiger partial charge is 0.282 e. The number of rotatable bonds is 1. The molecule has 0 unspecified atom stereocenters. The quantitative estimate of drug-likeness (QED) is 0.742. The van der Waals surface area contributed by atoms with E-state index in [1.807, 2.05) is 0 Å². The average Bonchev–Trinajstić information content (AvgIpc) is 1.99. The number of benzene rings is 1. The van der Waals surface area contributed by atoms with E-state index in [0.717, 1.165) is 6.07 Å². The second-order valence-corrected chi connectivity index (χ2v) is 3.65. The van der Waals surface area contributed by atoms with E-state index in [0.29, 0.717) is 5.56 Å². The lowest BCUT2D eigenvalue weighted by molar-refractivity contribution is 0.108. The van der Waals surface area contributed by atoms with Gasteiger partial charge in [-0.1, -0.05) is 23.2 Å². The predicted octanol–water partition coefficient (Wildman–Crippen LogP) is 3.51. The van der Waals surface area contributed by atoms with Crippen molar-refractivity contribution in [3.63, 3.8) is 0 Å². The summed E-state index contributed by atoms with van der Waals surface area (Å²) in [5.41, 5.74) is 0.244. The topological polar surface area (TPSA) is 17.1 Å². The summed E-state index contributed by atoms with van der Waals surface area (Å²) < 4.78 is 13.1. The van der Waals surface area contributed by atoms with E-state index in [1.165, 1.54) is 0 Å². The maximum Gasteiger partial charge on any atom is 0.220 e. The van der Waals surface area contributed by atoms with Crippen molar-refractivity contribution in [3.05, 3.63) is 33.1 Å². The zero-order valence-electron chi connectivity index (χ0n) is 6.57. The Kier molecular flexibility index (Phi) is 3.22. The van der Waals surface area contributed by atoms with Crippen LogP contribution in [0.4, 0.5) is 4.39 Å². The van der Waals surface area contributed by atoms with E-state index < -0.39 is 10.9 Å². The fourth-order valence-electron chi connectivity index (χ4n) is 0.885. The van der Waals surface area contributed by atoms with E-state index in [4.69, 9.17) is 23.2 Å². The molecule has 0 aliphatic rings. The maximum absolute atomic E-state index is 13.1. The minimum Gasteiger partial charge on any atom is -0.282 e. The van der Waals surface area contributed by atoms with Crippen LogP contribution in [0.2, 0.25) is 10.0 Å². The third kappa shape index (κ3) is 1.98. The molecule has 0 amide bonds. The molecular weight excluding hydrogens is 234 g/mol. The van der Waals surface area contributed by atoms with Crippen LogP contribution in [-0.4, -0.2) is 5.12 Å². The van der Waals surface area contributed by atoms with Gasteiger partial charge in [-0.15, -0.1) is 12.6 Å². The van der Waals surface area contributed by atoms with Gasteiger partial charge in [-0.05, 0) is 18.6 Å². The van der Waals surface area contributed by atoms with Crippen molar-refractivity contribution in [3.8, 4) is 0 Å². The van der Waals surface area contributed by atoms with E-state index in [-0.39, 0.29) is 15.6 Å². The lowest BCUT2D eigenvalue weighted by Gasteiger charge is -2.06. The fourth-order valence-corrected chi connectivity index (χ4v) is 1.69. The molecule has 0 radical (unpaired) electrons. The highest BCUT2D eigenvalue weighted by atomic mass is 35.5. The summed E-state index contributed by atoms with van der Waals surface area (Å²) in [6.07, 6.45) is 0. The van der Waals surface area contributed by atoms with Gasteiger partial charge >= 0.3 is 0 Å². The van der Waals surface area contributed by atoms with Crippen LogP contribution in [0.25, 0.3) is 0 Å². The Bertz CT molecular complexity index is 379. The summed E-state index contributed by atoms with van der Waals surface area (Å²) in [5.74, 6) is -0.749. The molecule has 0 saturated carbocycles. The van der Waals surface area contributed by atoms with Crippen molar-refractivity contribution in [2.45, 2.75) is 6.92 Å². The van der Waals surface area contributed by atoms with Gasteiger partial charge in [-0.25, -0.2) is 4.39 Å². The van der Waals surface area contributed by atoms with Gasteiger partial charge in [0, 0.05) is 5.02 Å². The summed E-state index contributed by atoms with van der Waals surface area (Å²) in [7, 11) is 0. The molecule has 13 heavy (non-hydrogen) atoms. The standard InChI is InChI=1S/C8H5Cl2FOS/c1-3-4(9)2-5(11)6(7(3)10)8(12)13/h2H,1H3,(H,12,13). The van der Waals surface area contributed by atoms with E-state index in [9.17, 15) is 9.18 Å². The molecule has 1 nitrogen and oxygen atoms in total. The highest BCUT2D eigenvalue weighted by Crippen LogP contribution is 2.30. The SMILES string of the molecule is Cc1c(Cl)cc(F)c(C(=O)S)c1Cl. The number of thiol groups is 1. The minimum absolute atomic E-state index is 0.0185. The average molecular weight is 239 g/mol. The first-order valence-corrected chi connectivity index (χ1v) is 4.53. The monoisotopic (exact) mass is 238 g/mol. The Balaban J connectivity index is 3.53. The lowest BCUT2D eigenvalue weighted by Crippen LogP contribution is -1.98. The fraction of sp³-hybridized carbons (Fsp3) is 0.125. The Morgan fingerprint density at radius 2 is 2.08 bits per heavy atom. The number of carbonyl (C=O) groups is 1. The Hall–Kier alpha value is -0.250. The van der Waals surface area contributed by atoms with Crippen LogP contribution in [-0.2, 0) is 0 Å². The highest BCUT2D eigenvalue weighted by Gasteiger charge is 2.17. The summed E-state index contributed by atoms with van der Waals surface area (Å²) >= 11 is 14.8. The summed E-state index contributed by atoms with van der Waals surface area (Å²) in [4.78, 5) is 10.8. The van der Waals surface area contributed by atoms with Crippen molar-refractivity contribution in [1.29, 1.82) is 0 Å². The first-order chi connectivity index (χ1) is 5.95. The lowest BCUT2D eigenvalue weighted by atomic mass is 10.1. The molecule has 0 spiro atoms. The Morgan fingerprint density at radius 3 is 2.54 bits per heavy atom. The van der Waals surface area contributed by atoms with Crippen LogP contribution < -0.4 is 0 Å². The van der Waals surface area contributed by atoms with Crippen molar-refractivity contribution in [2.24, 2.45) is 0 Å². The molecule has 0 bridgehead atoms. The third-order valence-electron chi connectivity index (χ3n) is 1.61. The van der Waals surface area contributed by atoms with Gasteiger partial charge in [0.25, 0.3) is 0 Å². The van der Waals surface area contributed by atoms with Gasteiger partial charge in [0.15, 0.2) is 0 Å². The Morgan fingerprint density at radius 1 is 1.54 bits per heavy atom. The Labute approximate surface area is 90.2 Å². The normalized spacial score (nSPS) is 10.2. The number of hydrogen-bond donors (Lipinski definition) is 1. The number of halogens is 3. The summed E-state index contributed by atoms with van der Waals surface area (Å²) in [6, 6.07) is 1.05. The zero-order valence-corrected chi connectivity index (χ0v) is 8.97. The number of hydrogen-bond acceptors (Lipinski definition) is 1. The van der Waals surface area contributed by atoms with Crippen LogP contribution in [0.5, 0.6) is 0 Å². The number of carbonyl (C=O) groups excluding carboxylic acids is 1. The second kappa shape index (κ2) is 3.86. The zero-order chi connectivity index (χ0) is 10.2. The van der Waals surface area contributed by atoms with Crippen molar-refractivity contribution < 1.29 is 9.18 Å². The van der Waals surface area contributed by atoms with Gasteiger partial charge in [0.2, 0.25) is 5.12 Å². The molecule has 1 aromatic rings. The molecule has 0 atom stereocenters. The molecule has 0 aliphatic heterocycles.